The third kappa shape index (κ3) is 3.25. The lowest BCUT2D eigenvalue weighted by Crippen LogP contribution is -2.39. The third-order valence-corrected chi connectivity index (χ3v) is 4.59. The molecule has 24 heavy (non-hydrogen) atoms. The number of methoxy groups -OCH3 is 1. The molecule has 2 N–H and O–H groups in total. The number of ether oxygens (including phenoxy) is 2. The minimum absolute atomic E-state index is 0.101. The molecule has 0 bridgehead atoms. The van der Waals surface area contributed by atoms with Crippen molar-refractivity contribution in [2.75, 3.05) is 20.3 Å². The van der Waals surface area contributed by atoms with Gasteiger partial charge in [0.25, 0.3) is 0 Å². The lowest BCUT2D eigenvalue weighted by atomic mass is 10.0. The zero-order chi connectivity index (χ0) is 17.1. The number of fused-ring (bicyclic) bond motifs is 1. The van der Waals surface area contributed by atoms with E-state index in [1.807, 2.05) is 30.7 Å². The Morgan fingerprint density at radius 3 is 3.00 bits per heavy atom. The summed E-state index contributed by atoms with van der Waals surface area (Å²) in [5, 5.41) is 17.2. The highest BCUT2D eigenvalue weighted by Gasteiger charge is 2.23. The Morgan fingerprint density at radius 2 is 2.25 bits per heavy atom. The maximum absolute atomic E-state index is 9.11. The SMILES string of the molecule is COc1cccc2c1OCC(NCc1c(C)nn(CCO)c1C)C2. The summed E-state index contributed by atoms with van der Waals surface area (Å²) in [4.78, 5) is 0. The van der Waals surface area contributed by atoms with Crippen molar-refractivity contribution in [3.8, 4) is 11.5 Å². The Kier molecular flexibility index (Phi) is 5.06. The van der Waals surface area contributed by atoms with Crippen molar-refractivity contribution in [3.63, 3.8) is 0 Å². The smallest absolute Gasteiger partial charge is 0.164 e. The molecule has 3 rings (SSSR count). The summed E-state index contributed by atoms with van der Waals surface area (Å²) in [7, 11) is 1.67. The number of hydrogen-bond acceptors (Lipinski definition) is 5. The maximum atomic E-state index is 9.11. The van der Waals surface area contributed by atoms with Crippen LogP contribution in [0.5, 0.6) is 11.5 Å². The molecule has 1 aliphatic heterocycles. The van der Waals surface area contributed by atoms with Gasteiger partial charge in [0.15, 0.2) is 11.5 Å². The van der Waals surface area contributed by atoms with Gasteiger partial charge in [-0.2, -0.15) is 5.10 Å². The first-order chi connectivity index (χ1) is 11.6. The number of aliphatic hydroxyl groups is 1. The first-order valence-electron chi connectivity index (χ1n) is 8.29. The van der Waals surface area contributed by atoms with E-state index in [1.54, 1.807) is 7.11 Å². The molecule has 0 saturated carbocycles. The van der Waals surface area contributed by atoms with Gasteiger partial charge in [-0.1, -0.05) is 12.1 Å². The summed E-state index contributed by atoms with van der Waals surface area (Å²) in [6, 6.07) is 6.26. The minimum Gasteiger partial charge on any atom is -0.493 e. The fraction of sp³-hybridized carbons (Fsp3) is 0.500. The second-order valence-corrected chi connectivity index (χ2v) is 6.14. The van der Waals surface area contributed by atoms with Crippen molar-refractivity contribution >= 4 is 0 Å². The summed E-state index contributed by atoms with van der Waals surface area (Å²) in [6.07, 6.45) is 0.912. The number of nitrogens with zero attached hydrogens (tertiary/aromatic N) is 2. The molecule has 1 aromatic carbocycles. The molecule has 0 radical (unpaired) electrons. The Labute approximate surface area is 142 Å². The van der Waals surface area contributed by atoms with Crippen LogP contribution in [0.4, 0.5) is 0 Å². The minimum atomic E-state index is 0.101. The van der Waals surface area contributed by atoms with Gasteiger partial charge in [0.05, 0.1) is 26.0 Å². The fourth-order valence-electron chi connectivity index (χ4n) is 3.23. The van der Waals surface area contributed by atoms with E-state index in [4.69, 9.17) is 14.6 Å². The van der Waals surface area contributed by atoms with Crippen molar-refractivity contribution in [1.82, 2.24) is 15.1 Å². The van der Waals surface area contributed by atoms with Crippen molar-refractivity contribution < 1.29 is 14.6 Å². The molecule has 2 aromatic rings. The van der Waals surface area contributed by atoms with Crippen LogP contribution in [-0.2, 0) is 19.5 Å². The average Bonchev–Trinajstić information content (AvgIpc) is 2.86. The van der Waals surface area contributed by atoms with Crippen molar-refractivity contribution in [3.05, 3.63) is 40.7 Å². The van der Waals surface area contributed by atoms with Crippen LogP contribution < -0.4 is 14.8 Å². The Balaban J connectivity index is 1.66. The number of para-hydroxylation sites is 1. The van der Waals surface area contributed by atoms with Crippen LogP contribution >= 0.6 is 0 Å². The average molecular weight is 331 g/mol. The zero-order valence-corrected chi connectivity index (χ0v) is 14.5. The molecule has 1 aliphatic rings. The highest BCUT2D eigenvalue weighted by Crippen LogP contribution is 2.34. The van der Waals surface area contributed by atoms with Crippen LogP contribution in [0.25, 0.3) is 0 Å². The van der Waals surface area contributed by atoms with Gasteiger partial charge in [0.1, 0.15) is 6.61 Å². The van der Waals surface area contributed by atoms with Crippen LogP contribution in [0, 0.1) is 13.8 Å². The number of hydrogen-bond donors (Lipinski definition) is 2. The maximum Gasteiger partial charge on any atom is 0.164 e. The van der Waals surface area contributed by atoms with E-state index in [0.717, 1.165) is 35.9 Å². The summed E-state index contributed by atoms with van der Waals surface area (Å²) in [6.45, 7) is 6.06. The lowest BCUT2D eigenvalue weighted by molar-refractivity contribution is 0.226. The molecular weight excluding hydrogens is 306 g/mol. The van der Waals surface area contributed by atoms with Gasteiger partial charge in [-0.15, -0.1) is 0 Å². The molecule has 6 heteroatoms. The monoisotopic (exact) mass is 331 g/mol. The second kappa shape index (κ2) is 7.23. The van der Waals surface area contributed by atoms with Crippen molar-refractivity contribution in [2.24, 2.45) is 0 Å². The van der Waals surface area contributed by atoms with E-state index in [2.05, 4.69) is 16.5 Å². The van der Waals surface area contributed by atoms with Crippen LogP contribution in [-0.4, -0.2) is 41.3 Å². The first kappa shape index (κ1) is 16.8. The number of aromatic nitrogens is 2. The number of rotatable bonds is 6. The lowest BCUT2D eigenvalue weighted by Gasteiger charge is -2.27. The molecule has 0 fully saturated rings. The summed E-state index contributed by atoms with van der Waals surface area (Å²) >= 11 is 0. The van der Waals surface area contributed by atoms with E-state index in [1.165, 1.54) is 11.1 Å². The Morgan fingerprint density at radius 1 is 1.42 bits per heavy atom. The van der Waals surface area contributed by atoms with Gasteiger partial charge in [-0.3, -0.25) is 4.68 Å². The summed E-state index contributed by atoms with van der Waals surface area (Å²) < 4.78 is 13.1. The molecule has 0 aliphatic carbocycles. The third-order valence-electron chi connectivity index (χ3n) is 4.59. The Bertz CT molecular complexity index is 712. The highest BCUT2D eigenvalue weighted by molar-refractivity contribution is 5.48. The van der Waals surface area contributed by atoms with Crippen LogP contribution in [0.2, 0.25) is 0 Å². The quantitative estimate of drug-likeness (QED) is 0.841. The van der Waals surface area contributed by atoms with Crippen molar-refractivity contribution in [1.29, 1.82) is 0 Å². The fourth-order valence-corrected chi connectivity index (χ4v) is 3.23. The standard InChI is InChI=1S/C18H25N3O3/c1-12-16(13(2)21(20-12)7-8-22)10-19-15-9-14-5-4-6-17(23-3)18(14)24-11-15/h4-6,15,19,22H,7-11H2,1-3H3. The van der Waals surface area contributed by atoms with Crippen LogP contribution in [0.3, 0.4) is 0 Å². The Hall–Kier alpha value is -2.05. The molecule has 1 atom stereocenters. The normalized spacial score (nSPS) is 16.6. The molecule has 0 saturated heterocycles. The molecule has 0 amide bonds. The van der Waals surface area contributed by atoms with E-state index >= 15 is 0 Å². The van der Waals surface area contributed by atoms with Gasteiger partial charge in [0, 0.05) is 23.8 Å². The molecular formula is C18H25N3O3. The predicted octanol–water partition coefficient (Wildman–Crippen LogP) is 1.59. The van der Waals surface area contributed by atoms with Crippen LogP contribution in [0.1, 0.15) is 22.5 Å². The van der Waals surface area contributed by atoms with Gasteiger partial charge in [0.2, 0.25) is 0 Å². The van der Waals surface area contributed by atoms with E-state index in [9.17, 15) is 0 Å². The topological polar surface area (TPSA) is 68.5 Å². The molecule has 1 aromatic heterocycles. The predicted molar refractivity (Wildman–Crippen MR) is 91.6 cm³/mol. The first-order valence-corrected chi connectivity index (χ1v) is 8.29. The van der Waals surface area contributed by atoms with Crippen molar-refractivity contribution in [2.45, 2.75) is 39.4 Å². The summed E-state index contributed by atoms with van der Waals surface area (Å²) in [5.74, 6) is 1.66. The molecule has 130 valence electrons. The number of benzene rings is 1. The molecule has 2 heterocycles. The largest absolute Gasteiger partial charge is 0.493 e. The number of aliphatic hydroxyl groups excluding tert-OH is 1. The highest BCUT2D eigenvalue weighted by atomic mass is 16.5. The molecule has 6 nitrogen and oxygen atoms in total. The van der Waals surface area contributed by atoms with Gasteiger partial charge in [-0.05, 0) is 31.9 Å². The van der Waals surface area contributed by atoms with E-state index in [0.29, 0.717) is 13.2 Å². The van der Waals surface area contributed by atoms with E-state index < -0.39 is 0 Å². The van der Waals surface area contributed by atoms with Gasteiger partial charge in [-0.25, -0.2) is 0 Å². The molecule has 1 unspecified atom stereocenters. The van der Waals surface area contributed by atoms with Crippen LogP contribution in [0.15, 0.2) is 18.2 Å². The zero-order valence-electron chi connectivity index (χ0n) is 14.5. The number of aryl methyl sites for hydroxylation is 1. The second-order valence-electron chi connectivity index (χ2n) is 6.14. The number of nitrogens with one attached hydrogen (secondary N) is 1. The van der Waals surface area contributed by atoms with E-state index in [-0.39, 0.29) is 12.6 Å². The van der Waals surface area contributed by atoms with Gasteiger partial charge < -0.3 is 19.9 Å². The molecule has 0 spiro atoms. The van der Waals surface area contributed by atoms with Gasteiger partial charge >= 0.3 is 0 Å². The summed E-state index contributed by atoms with van der Waals surface area (Å²) in [5.41, 5.74) is 4.47.